The van der Waals surface area contributed by atoms with E-state index in [-0.39, 0.29) is 5.60 Å². The van der Waals surface area contributed by atoms with Crippen LogP contribution in [0.15, 0.2) is 24.3 Å². The Hall–Kier alpha value is -0.130. The monoisotopic (exact) mass is 375 g/mol. The summed E-state index contributed by atoms with van der Waals surface area (Å²) in [5.74, 6) is 0. The van der Waals surface area contributed by atoms with Crippen LogP contribution in [0.4, 0.5) is 0 Å². The van der Waals surface area contributed by atoms with Crippen LogP contribution in [0, 0.1) is 3.57 Å². The van der Waals surface area contributed by atoms with Crippen LogP contribution in [0.2, 0.25) is 0 Å². The van der Waals surface area contributed by atoms with Gasteiger partial charge in [-0.15, -0.1) is 0 Å². The minimum atomic E-state index is -0.0630. The molecule has 0 bridgehead atoms. The van der Waals surface area contributed by atoms with E-state index in [4.69, 9.17) is 4.74 Å². The number of benzene rings is 1. The number of hydrogen-bond acceptors (Lipinski definition) is 2. The lowest BCUT2D eigenvalue weighted by Gasteiger charge is -2.39. The lowest BCUT2D eigenvalue weighted by molar-refractivity contribution is -0.0703. The van der Waals surface area contributed by atoms with E-state index in [1.807, 2.05) is 7.05 Å². The molecule has 1 atom stereocenters. The molecule has 0 saturated carbocycles. The van der Waals surface area contributed by atoms with E-state index in [9.17, 15) is 0 Å². The molecule has 0 saturated heterocycles. The predicted octanol–water partition coefficient (Wildman–Crippen LogP) is 4.02. The second kappa shape index (κ2) is 8.22. The minimum absolute atomic E-state index is 0.0630. The van der Waals surface area contributed by atoms with Crippen molar-refractivity contribution in [2.24, 2.45) is 0 Å². The third-order valence-electron chi connectivity index (χ3n) is 3.97. The number of nitrogens with one attached hydrogen (secondary N) is 1. The summed E-state index contributed by atoms with van der Waals surface area (Å²) in [7, 11) is 2.04. The van der Waals surface area contributed by atoms with Crippen molar-refractivity contribution < 1.29 is 4.74 Å². The van der Waals surface area contributed by atoms with Crippen LogP contribution < -0.4 is 5.32 Å². The second-order valence-electron chi connectivity index (χ2n) is 4.88. The summed E-state index contributed by atoms with van der Waals surface area (Å²) >= 11 is 2.34. The Morgan fingerprint density at radius 1 is 1.16 bits per heavy atom. The van der Waals surface area contributed by atoms with Gasteiger partial charge in [-0.3, -0.25) is 0 Å². The predicted molar refractivity (Wildman–Crippen MR) is 90.6 cm³/mol. The van der Waals surface area contributed by atoms with Crippen molar-refractivity contribution >= 4 is 22.6 Å². The molecule has 1 aromatic rings. The fraction of sp³-hybridized carbons (Fsp3) is 0.625. The first-order valence-electron chi connectivity index (χ1n) is 7.17. The Balaban J connectivity index is 2.88. The van der Waals surface area contributed by atoms with Crippen LogP contribution >= 0.6 is 22.6 Å². The smallest absolute Gasteiger partial charge is 0.0832 e. The van der Waals surface area contributed by atoms with E-state index >= 15 is 0 Å². The minimum Gasteiger partial charge on any atom is -0.374 e. The standard InChI is InChI=1S/C16H26INO/c1-5-16(6-2,19-7-3)15(18-4)12-13-8-10-14(17)11-9-13/h8-11,15,18H,5-7,12H2,1-4H3. The molecule has 0 aliphatic heterocycles. The van der Waals surface area contributed by atoms with E-state index in [1.165, 1.54) is 9.13 Å². The van der Waals surface area contributed by atoms with Crippen molar-refractivity contribution in [2.45, 2.75) is 51.7 Å². The highest BCUT2D eigenvalue weighted by atomic mass is 127. The van der Waals surface area contributed by atoms with Gasteiger partial charge in [0, 0.05) is 16.2 Å². The van der Waals surface area contributed by atoms with Gasteiger partial charge in [-0.1, -0.05) is 26.0 Å². The van der Waals surface area contributed by atoms with Gasteiger partial charge in [-0.05, 0) is 73.5 Å². The highest BCUT2D eigenvalue weighted by Gasteiger charge is 2.35. The van der Waals surface area contributed by atoms with Crippen LogP contribution in [0.5, 0.6) is 0 Å². The molecular weight excluding hydrogens is 349 g/mol. The Morgan fingerprint density at radius 3 is 2.16 bits per heavy atom. The Morgan fingerprint density at radius 2 is 1.74 bits per heavy atom. The normalized spacial score (nSPS) is 13.5. The fourth-order valence-corrected chi connectivity index (χ4v) is 3.10. The average Bonchev–Trinajstić information content (AvgIpc) is 2.44. The number of ether oxygens (including phenoxy) is 1. The van der Waals surface area contributed by atoms with Gasteiger partial charge in [0.1, 0.15) is 0 Å². The van der Waals surface area contributed by atoms with Gasteiger partial charge < -0.3 is 10.1 Å². The van der Waals surface area contributed by atoms with Crippen molar-refractivity contribution in [1.82, 2.24) is 5.32 Å². The van der Waals surface area contributed by atoms with Crippen molar-refractivity contribution in [1.29, 1.82) is 0 Å². The maximum atomic E-state index is 6.11. The summed E-state index contributed by atoms with van der Waals surface area (Å²) < 4.78 is 7.39. The van der Waals surface area contributed by atoms with Gasteiger partial charge in [0.05, 0.1) is 5.60 Å². The van der Waals surface area contributed by atoms with Crippen LogP contribution in [0.25, 0.3) is 0 Å². The van der Waals surface area contributed by atoms with Crippen molar-refractivity contribution in [3.63, 3.8) is 0 Å². The number of likely N-dealkylation sites (N-methyl/N-ethyl adjacent to an activating group) is 1. The molecule has 0 fully saturated rings. The Bertz CT molecular complexity index is 360. The molecule has 2 nitrogen and oxygen atoms in total. The molecule has 0 aromatic heterocycles. The number of rotatable bonds is 8. The quantitative estimate of drug-likeness (QED) is 0.693. The molecule has 0 radical (unpaired) electrons. The molecule has 19 heavy (non-hydrogen) atoms. The molecule has 108 valence electrons. The summed E-state index contributed by atoms with van der Waals surface area (Å²) in [6, 6.07) is 9.12. The third-order valence-corrected chi connectivity index (χ3v) is 4.68. The molecule has 1 rings (SSSR count). The highest BCUT2D eigenvalue weighted by molar-refractivity contribution is 14.1. The summed E-state index contributed by atoms with van der Waals surface area (Å²) in [6.07, 6.45) is 3.08. The lowest BCUT2D eigenvalue weighted by atomic mass is 9.84. The van der Waals surface area contributed by atoms with E-state index in [0.717, 1.165) is 25.9 Å². The van der Waals surface area contributed by atoms with Crippen LogP contribution in [-0.2, 0) is 11.2 Å². The molecule has 1 unspecified atom stereocenters. The zero-order valence-electron chi connectivity index (χ0n) is 12.5. The third kappa shape index (κ3) is 4.43. The Labute approximate surface area is 131 Å². The van der Waals surface area contributed by atoms with E-state index < -0.39 is 0 Å². The van der Waals surface area contributed by atoms with Gasteiger partial charge in [0.2, 0.25) is 0 Å². The van der Waals surface area contributed by atoms with Gasteiger partial charge in [0.15, 0.2) is 0 Å². The van der Waals surface area contributed by atoms with Gasteiger partial charge in [-0.25, -0.2) is 0 Å². The van der Waals surface area contributed by atoms with Crippen molar-refractivity contribution in [3.05, 3.63) is 33.4 Å². The summed E-state index contributed by atoms with van der Waals surface area (Å²) in [5.41, 5.74) is 1.30. The lowest BCUT2D eigenvalue weighted by Crippen LogP contribution is -2.52. The highest BCUT2D eigenvalue weighted by Crippen LogP contribution is 2.27. The molecule has 1 N–H and O–H groups in total. The van der Waals surface area contributed by atoms with Gasteiger partial charge in [-0.2, -0.15) is 0 Å². The summed E-state index contributed by atoms with van der Waals surface area (Å²) in [6.45, 7) is 7.29. The van der Waals surface area contributed by atoms with Crippen LogP contribution in [0.3, 0.4) is 0 Å². The SMILES string of the molecule is CCOC(CC)(CC)C(Cc1ccc(I)cc1)NC. The van der Waals surface area contributed by atoms with E-state index in [0.29, 0.717) is 6.04 Å². The molecule has 0 spiro atoms. The molecule has 0 aliphatic rings. The van der Waals surface area contributed by atoms with Crippen LogP contribution in [0.1, 0.15) is 39.2 Å². The zero-order valence-corrected chi connectivity index (χ0v) is 14.7. The molecule has 0 amide bonds. The first-order valence-corrected chi connectivity index (χ1v) is 8.25. The van der Waals surface area contributed by atoms with Gasteiger partial charge >= 0.3 is 0 Å². The molecule has 3 heteroatoms. The van der Waals surface area contributed by atoms with Crippen molar-refractivity contribution in [2.75, 3.05) is 13.7 Å². The summed E-state index contributed by atoms with van der Waals surface area (Å²) in [4.78, 5) is 0. The maximum Gasteiger partial charge on any atom is 0.0832 e. The van der Waals surface area contributed by atoms with Crippen LogP contribution in [-0.4, -0.2) is 25.3 Å². The van der Waals surface area contributed by atoms with Crippen molar-refractivity contribution in [3.8, 4) is 0 Å². The summed E-state index contributed by atoms with van der Waals surface area (Å²) in [5, 5.41) is 3.47. The molecule has 0 aliphatic carbocycles. The fourth-order valence-electron chi connectivity index (χ4n) is 2.74. The Kier molecular flexibility index (Phi) is 7.32. The van der Waals surface area contributed by atoms with E-state index in [1.54, 1.807) is 0 Å². The number of hydrogen-bond donors (Lipinski definition) is 1. The molecule has 1 aromatic carbocycles. The second-order valence-corrected chi connectivity index (χ2v) is 6.12. The molecule has 0 heterocycles. The van der Waals surface area contributed by atoms with E-state index in [2.05, 4.69) is 72.9 Å². The maximum absolute atomic E-state index is 6.11. The average molecular weight is 375 g/mol. The van der Waals surface area contributed by atoms with Gasteiger partial charge in [0.25, 0.3) is 0 Å². The number of halogens is 1. The largest absolute Gasteiger partial charge is 0.374 e. The topological polar surface area (TPSA) is 21.3 Å². The molecular formula is C16H26INO. The zero-order chi connectivity index (χ0) is 14.3. The first kappa shape index (κ1) is 16.9. The first-order chi connectivity index (χ1) is 9.11.